The van der Waals surface area contributed by atoms with Crippen LogP contribution in [0.1, 0.15) is 23.2 Å². The van der Waals surface area contributed by atoms with Crippen LogP contribution in [0.3, 0.4) is 0 Å². The third kappa shape index (κ3) is 5.76. The Morgan fingerprint density at radius 3 is 2.48 bits per heavy atom. The summed E-state index contributed by atoms with van der Waals surface area (Å²) >= 11 is 0. The molecule has 1 heterocycles. The van der Waals surface area contributed by atoms with Crippen LogP contribution in [0.25, 0.3) is 0 Å². The van der Waals surface area contributed by atoms with Crippen molar-refractivity contribution in [2.45, 2.75) is 18.9 Å². The minimum Gasteiger partial charge on any atom is -0.481 e. The van der Waals surface area contributed by atoms with Gasteiger partial charge in [0.15, 0.2) is 0 Å². The molecule has 1 atom stereocenters. The molecular weight excluding hydrogens is 284 g/mol. The number of nitrogens with one attached hydrogen (secondary N) is 2. The first kappa shape index (κ1) is 16.2. The summed E-state index contributed by atoms with van der Waals surface area (Å²) in [6.45, 7) is -0.0186. The molecule has 0 radical (unpaired) electrons. The molecule has 0 spiro atoms. The first-order valence-corrected chi connectivity index (χ1v) is 5.94. The number of carboxylic acid groups (broad SMARTS) is 2. The predicted molar refractivity (Wildman–Crippen MR) is 67.5 cm³/mol. The topological polar surface area (TPSA) is 146 Å². The van der Waals surface area contributed by atoms with Crippen molar-refractivity contribution in [3.05, 3.63) is 24.2 Å². The fraction of sp³-hybridized carbons (Fsp3) is 0.333. The molecule has 9 heteroatoms. The molecule has 1 unspecified atom stereocenters. The fourth-order valence-electron chi connectivity index (χ4n) is 1.43. The second kappa shape index (κ2) is 7.68. The molecule has 0 aliphatic heterocycles. The van der Waals surface area contributed by atoms with Crippen LogP contribution in [0.5, 0.6) is 0 Å². The highest BCUT2D eigenvalue weighted by atomic mass is 16.4. The number of carboxylic acids is 2. The summed E-state index contributed by atoms with van der Waals surface area (Å²) in [5.41, 5.74) is 0.296. The van der Waals surface area contributed by atoms with Gasteiger partial charge in [0.05, 0.1) is 18.2 Å². The normalized spacial score (nSPS) is 11.4. The Kier molecular flexibility index (Phi) is 5.93. The number of hydrogen-bond acceptors (Lipinski definition) is 5. The fourth-order valence-corrected chi connectivity index (χ4v) is 1.43. The van der Waals surface area contributed by atoms with Gasteiger partial charge in [0.1, 0.15) is 12.3 Å². The van der Waals surface area contributed by atoms with Gasteiger partial charge in [-0.2, -0.15) is 0 Å². The van der Waals surface area contributed by atoms with Crippen LogP contribution < -0.4 is 10.6 Å². The highest BCUT2D eigenvalue weighted by Gasteiger charge is 2.22. The lowest BCUT2D eigenvalue weighted by atomic mass is 10.2. The molecule has 0 aromatic carbocycles. The number of rotatable bonds is 8. The van der Waals surface area contributed by atoms with Gasteiger partial charge in [0, 0.05) is 13.0 Å². The standard InChI is InChI=1S/C12H14N2O7/c15-9(14-8(12(19)20)5-10(16)17)1-3-13-11(18)7-2-4-21-6-7/h2,4,6,8H,1,3,5H2,(H,13,18)(H,14,15)(H,16,17)(H,19,20). The molecule has 9 nitrogen and oxygen atoms in total. The van der Waals surface area contributed by atoms with Crippen LogP contribution >= 0.6 is 0 Å². The Labute approximate surface area is 118 Å². The van der Waals surface area contributed by atoms with E-state index < -0.39 is 36.2 Å². The molecule has 1 aromatic rings. The Bertz CT molecular complexity index is 524. The Hall–Kier alpha value is -2.84. The minimum absolute atomic E-state index is 0.0186. The summed E-state index contributed by atoms with van der Waals surface area (Å²) in [6.07, 6.45) is 1.67. The van der Waals surface area contributed by atoms with Gasteiger partial charge in [-0.3, -0.25) is 14.4 Å². The first-order chi connectivity index (χ1) is 9.90. The molecule has 0 bridgehead atoms. The van der Waals surface area contributed by atoms with Crippen LogP contribution in [0.4, 0.5) is 0 Å². The van der Waals surface area contributed by atoms with E-state index in [1.807, 2.05) is 0 Å². The molecule has 114 valence electrons. The van der Waals surface area contributed by atoms with E-state index in [0.29, 0.717) is 5.56 Å². The smallest absolute Gasteiger partial charge is 0.326 e. The SMILES string of the molecule is O=C(O)CC(NC(=O)CCNC(=O)c1ccoc1)C(=O)O. The number of amides is 2. The van der Waals surface area contributed by atoms with Gasteiger partial charge in [0.2, 0.25) is 5.91 Å². The molecule has 4 N–H and O–H groups in total. The van der Waals surface area contributed by atoms with Gasteiger partial charge in [-0.05, 0) is 6.07 Å². The minimum atomic E-state index is -1.50. The van der Waals surface area contributed by atoms with Crippen LogP contribution in [0.15, 0.2) is 23.0 Å². The molecule has 0 fully saturated rings. The number of carbonyl (C=O) groups is 4. The third-order valence-corrected chi connectivity index (χ3v) is 2.43. The predicted octanol–water partition coefficient (Wildman–Crippen LogP) is -0.556. The van der Waals surface area contributed by atoms with E-state index in [4.69, 9.17) is 14.6 Å². The summed E-state index contributed by atoms with van der Waals surface area (Å²) in [6, 6.07) is -0.0532. The Morgan fingerprint density at radius 2 is 1.95 bits per heavy atom. The highest BCUT2D eigenvalue weighted by molar-refractivity contribution is 5.94. The van der Waals surface area contributed by atoms with Gasteiger partial charge in [-0.1, -0.05) is 0 Å². The van der Waals surface area contributed by atoms with E-state index >= 15 is 0 Å². The van der Waals surface area contributed by atoms with Crippen LogP contribution in [0, 0.1) is 0 Å². The molecule has 21 heavy (non-hydrogen) atoms. The van der Waals surface area contributed by atoms with Crippen molar-refractivity contribution in [1.29, 1.82) is 0 Å². The van der Waals surface area contributed by atoms with Crippen LogP contribution in [-0.4, -0.2) is 46.6 Å². The van der Waals surface area contributed by atoms with Gasteiger partial charge in [-0.25, -0.2) is 4.79 Å². The highest BCUT2D eigenvalue weighted by Crippen LogP contribution is 1.99. The zero-order chi connectivity index (χ0) is 15.8. The van der Waals surface area contributed by atoms with E-state index in [0.717, 1.165) is 0 Å². The van der Waals surface area contributed by atoms with E-state index in [2.05, 4.69) is 10.6 Å². The Morgan fingerprint density at radius 1 is 1.24 bits per heavy atom. The van der Waals surface area contributed by atoms with Crippen molar-refractivity contribution >= 4 is 23.8 Å². The number of furan rings is 1. The maximum absolute atomic E-state index is 11.5. The molecule has 0 aliphatic carbocycles. The van der Waals surface area contributed by atoms with E-state index in [9.17, 15) is 19.2 Å². The molecule has 0 saturated heterocycles. The van der Waals surface area contributed by atoms with Crippen molar-refractivity contribution in [3.8, 4) is 0 Å². The van der Waals surface area contributed by atoms with Crippen molar-refractivity contribution in [3.63, 3.8) is 0 Å². The summed E-state index contributed by atoms with van der Waals surface area (Å²) in [5.74, 6) is -3.88. The molecular formula is C12H14N2O7. The van der Waals surface area contributed by atoms with Gasteiger partial charge < -0.3 is 25.3 Å². The third-order valence-electron chi connectivity index (χ3n) is 2.43. The van der Waals surface area contributed by atoms with E-state index in [1.54, 1.807) is 0 Å². The zero-order valence-corrected chi connectivity index (χ0v) is 10.9. The average molecular weight is 298 g/mol. The first-order valence-electron chi connectivity index (χ1n) is 5.94. The molecule has 1 aromatic heterocycles. The largest absolute Gasteiger partial charge is 0.481 e. The van der Waals surface area contributed by atoms with Crippen molar-refractivity contribution < 1.29 is 33.8 Å². The number of aliphatic carboxylic acids is 2. The summed E-state index contributed by atoms with van der Waals surface area (Å²) < 4.78 is 4.72. The second-order valence-electron chi connectivity index (χ2n) is 4.07. The monoisotopic (exact) mass is 298 g/mol. The van der Waals surface area contributed by atoms with Gasteiger partial charge in [-0.15, -0.1) is 0 Å². The van der Waals surface area contributed by atoms with E-state index in [-0.39, 0.29) is 13.0 Å². The molecule has 1 rings (SSSR count). The average Bonchev–Trinajstić information content (AvgIpc) is 2.91. The lowest BCUT2D eigenvalue weighted by Crippen LogP contribution is -2.43. The lowest BCUT2D eigenvalue weighted by Gasteiger charge is -2.12. The maximum Gasteiger partial charge on any atom is 0.326 e. The summed E-state index contributed by atoms with van der Waals surface area (Å²) in [7, 11) is 0. The molecule has 0 aliphatic rings. The molecule has 2 amide bonds. The summed E-state index contributed by atoms with van der Waals surface area (Å²) in [5, 5.41) is 21.8. The van der Waals surface area contributed by atoms with Crippen LogP contribution in [0.2, 0.25) is 0 Å². The quantitative estimate of drug-likeness (QED) is 0.503. The van der Waals surface area contributed by atoms with Crippen molar-refractivity contribution in [2.24, 2.45) is 0 Å². The van der Waals surface area contributed by atoms with Gasteiger partial charge >= 0.3 is 11.9 Å². The van der Waals surface area contributed by atoms with Gasteiger partial charge in [0.25, 0.3) is 5.91 Å². The Balaban J connectivity index is 2.34. The van der Waals surface area contributed by atoms with Crippen LogP contribution in [-0.2, 0) is 14.4 Å². The zero-order valence-electron chi connectivity index (χ0n) is 10.9. The van der Waals surface area contributed by atoms with Crippen molar-refractivity contribution in [2.75, 3.05) is 6.54 Å². The number of carbonyl (C=O) groups excluding carboxylic acids is 2. The lowest BCUT2D eigenvalue weighted by molar-refractivity contribution is -0.147. The molecule has 0 saturated carbocycles. The number of hydrogen-bond donors (Lipinski definition) is 4. The van der Waals surface area contributed by atoms with Crippen molar-refractivity contribution in [1.82, 2.24) is 10.6 Å². The van der Waals surface area contributed by atoms with E-state index in [1.165, 1.54) is 18.6 Å². The summed E-state index contributed by atoms with van der Waals surface area (Å²) in [4.78, 5) is 44.2. The second-order valence-corrected chi connectivity index (χ2v) is 4.07. The maximum atomic E-state index is 11.5.